The van der Waals surface area contributed by atoms with Crippen LogP contribution in [0.4, 0.5) is 4.39 Å². The molecule has 13 heavy (non-hydrogen) atoms. The normalized spacial score (nSPS) is 13.6. The van der Waals surface area contributed by atoms with Gasteiger partial charge in [0.15, 0.2) is 0 Å². The van der Waals surface area contributed by atoms with Crippen LogP contribution < -0.4 is 4.74 Å². The summed E-state index contributed by atoms with van der Waals surface area (Å²) >= 11 is 0. The standard InChI is InChI=1S/C9H7FO3/c10-7-3-5-1-2-13-8(5)4-6(7)9(11)12/h3-4H,1-2H2,(H,11,12). The molecule has 1 aromatic carbocycles. The van der Waals surface area contributed by atoms with Crippen molar-refractivity contribution < 1.29 is 19.0 Å². The maximum Gasteiger partial charge on any atom is 0.338 e. The lowest BCUT2D eigenvalue weighted by Gasteiger charge is -2.01. The van der Waals surface area contributed by atoms with Crippen molar-refractivity contribution in [3.05, 3.63) is 29.1 Å². The zero-order valence-electron chi connectivity index (χ0n) is 6.71. The summed E-state index contributed by atoms with van der Waals surface area (Å²) in [5, 5.41) is 8.60. The first kappa shape index (κ1) is 8.04. The number of hydrogen-bond donors (Lipinski definition) is 1. The first-order valence-corrected chi connectivity index (χ1v) is 3.87. The van der Waals surface area contributed by atoms with Crippen molar-refractivity contribution in [2.45, 2.75) is 6.42 Å². The molecule has 1 N–H and O–H groups in total. The fraction of sp³-hybridized carbons (Fsp3) is 0.222. The second-order valence-electron chi connectivity index (χ2n) is 2.84. The second-order valence-corrected chi connectivity index (χ2v) is 2.84. The van der Waals surface area contributed by atoms with Gasteiger partial charge in [0.05, 0.1) is 12.2 Å². The van der Waals surface area contributed by atoms with Crippen LogP contribution in [-0.4, -0.2) is 17.7 Å². The minimum atomic E-state index is -1.27. The summed E-state index contributed by atoms with van der Waals surface area (Å²) in [7, 11) is 0. The Morgan fingerprint density at radius 2 is 2.31 bits per heavy atom. The van der Waals surface area contributed by atoms with Gasteiger partial charge in [0.1, 0.15) is 11.6 Å². The third-order valence-electron chi connectivity index (χ3n) is 2.01. The number of benzene rings is 1. The molecule has 0 spiro atoms. The monoisotopic (exact) mass is 182 g/mol. The van der Waals surface area contributed by atoms with E-state index < -0.39 is 11.8 Å². The summed E-state index contributed by atoms with van der Waals surface area (Å²) in [4.78, 5) is 10.5. The maximum absolute atomic E-state index is 13.1. The number of rotatable bonds is 1. The quantitative estimate of drug-likeness (QED) is 0.715. The van der Waals surface area contributed by atoms with E-state index in [1.165, 1.54) is 12.1 Å². The van der Waals surface area contributed by atoms with Gasteiger partial charge in [0.2, 0.25) is 0 Å². The molecule has 2 rings (SSSR count). The molecule has 0 fully saturated rings. The Hall–Kier alpha value is -1.58. The van der Waals surface area contributed by atoms with Crippen LogP contribution in [0.1, 0.15) is 15.9 Å². The number of fused-ring (bicyclic) bond motifs is 1. The lowest BCUT2D eigenvalue weighted by Crippen LogP contribution is -2.00. The van der Waals surface area contributed by atoms with Gasteiger partial charge in [-0.1, -0.05) is 0 Å². The molecule has 1 aromatic rings. The number of carboxylic acid groups (broad SMARTS) is 1. The minimum absolute atomic E-state index is 0.333. The lowest BCUT2D eigenvalue weighted by molar-refractivity contribution is 0.0691. The molecule has 0 saturated carbocycles. The molecule has 0 atom stereocenters. The van der Waals surface area contributed by atoms with Crippen LogP contribution in [-0.2, 0) is 6.42 Å². The molecule has 0 aliphatic carbocycles. The molecule has 0 saturated heterocycles. The third kappa shape index (κ3) is 1.24. The SMILES string of the molecule is O=C(O)c1cc2c(cc1F)CCO2. The molecule has 1 aliphatic heterocycles. The predicted molar refractivity (Wildman–Crippen MR) is 42.6 cm³/mol. The average molecular weight is 182 g/mol. The molecule has 68 valence electrons. The Morgan fingerprint density at radius 3 is 3.00 bits per heavy atom. The summed E-state index contributed by atoms with van der Waals surface area (Å²) in [6, 6.07) is 2.46. The summed E-state index contributed by atoms with van der Waals surface area (Å²) in [6.07, 6.45) is 0.645. The first-order valence-electron chi connectivity index (χ1n) is 3.87. The molecule has 0 radical (unpaired) electrons. The van der Waals surface area contributed by atoms with E-state index in [2.05, 4.69) is 0 Å². The molecular formula is C9H7FO3. The van der Waals surface area contributed by atoms with Crippen molar-refractivity contribution in [1.29, 1.82) is 0 Å². The Morgan fingerprint density at radius 1 is 1.54 bits per heavy atom. The molecule has 0 bridgehead atoms. The van der Waals surface area contributed by atoms with E-state index >= 15 is 0 Å². The Kier molecular flexibility index (Phi) is 1.69. The fourth-order valence-electron chi connectivity index (χ4n) is 1.36. The Labute approximate surface area is 73.8 Å². The van der Waals surface area contributed by atoms with E-state index in [-0.39, 0.29) is 5.56 Å². The topological polar surface area (TPSA) is 46.5 Å². The van der Waals surface area contributed by atoms with Crippen LogP contribution in [0.5, 0.6) is 5.75 Å². The Bertz CT molecular complexity index is 373. The summed E-state index contributed by atoms with van der Waals surface area (Å²) < 4.78 is 18.2. The van der Waals surface area contributed by atoms with E-state index in [9.17, 15) is 9.18 Å². The fourth-order valence-corrected chi connectivity index (χ4v) is 1.36. The van der Waals surface area contributed by atoms with Crippen LogP contribution in [0, 0.1) is 5.82 Å². The Balaban J connectivity index is 2.55. The molecule has 0 aromatic heterocycles. The lowest BCUT2D eigenvalue weighted by atomic mass is 10.1. The van der Waals surface area contributed by atoms with Crippen molar-refractivity contribution in [1.82, 2.24) is 0 Å². The molecule has 4 heteroatoms. The van der Waals surface area contributed by atoms with Gasteiger partial charge in [-0.2, -0.15) is 0 Å². The molecule has 3 nitrogen and oxygen atoms in total. The number of halogens is 1. The largest absolute Gasteiger partial charge is 0.493 e. The number of aromatic carboxylic acids is 1. The van der Waals surface area contributed by atoms with E-state index in [1.54, 1.807) is 0 Å². The highest BCUT2D eigenvalue weighted by Gasteiger charge is 2.19. The second kappa shape index (κ2) is 2.73. The highest BCUT2D eigenvalue weighted by Crippen LogP contribution is 2.27. The van der Waals surface area contributed by atoms with Crippen molar-refractivity contribution in [2.75, 3.05) is 6.61 Å². The van der Waals surface area contributed by atoms with E-state index in [0.717, 1.165) is 5.56 Å². The highest BCUT2D eigenvalue weighted by molar-refractivity contribution is 5.88. The van der Waals surface area contributed by atoms with E-state index in [1.807, 2.05) is 0 Å². The van der Waals surface area contributed by atoms with Gasteiger partial charge in [-0.15, -0.1) is 0 Å². The smallest absolute Gasteiger partial charge is 0.338 e. The maximum atomic E-state index is 13.1. The summed E-state index contributed by atoms with van der Waals surface area (Å²) in [6.45, 7) is 0.498. The van der Waals surface area contributed by atoms with Crippen LogP contribution in [0.25, 0.3) is 0 Å². The van der Waals surface area contributed by atoms with Gasteiger partial charge in [0.25, 0.3) is 0 Å². The third-order valence-corrected chi connectivity index (χ3v) is 2.01. The summed E-state index contributed by atoms with van der Waals surface area (Å²) in [5.41, 5.74) is 0.406. The van der Waals surface area contributed by atoms with E-state index in [4.69, 9.17) is 9.84 Å². The molecule has 1 aliphatic rings. The highest BCUT2D eigenvalue weighted by atomic mass is 19.1. The van der Waals surface area contributed by atoms with Gasteiger partial charge in [-0.05, 0) is 12.1 Å². The number of carbonyl (C=O) groups is 1. The van der Waals surface area contributed by atoms with Crippen molar-refractivity contribution in [3.8, 4) is 5.75 Å². The van der Waals surface area contributed by atoms with Gasteiger partial charge in [-0.3, -0.25) is 0 Å². The molecule has 0 unspecified atom stereocenters. The first-order chi connectivity index (χ1) is 6.18. The van der Waals surface area contributed by atoms with Gasteiger partial charge in [0, 0.05) is 12.0 Å². The van der Waals surface area contributed by atoms with Crippen LogP contribution in [0.15, 0.2) is 12.1 Å². The van der Waals surface area contributed by atoms with Crippen LogP contribution in [0.2, 0.25) is 0 Å². The van der Waals surface area contributed by atoms with Gasteiger partial charge >= 0.3 is 5.97 Å². The van der Waals surface area contributed by atoms with Crippen LogP contribution in [0.3, 0.4) is 0 Å². The van der Waals surface area contributed by atoms with Crippen molar-refractivity contribution >= 4 is 5.97 Å². The molecule has 0 amide bonds. The van der Waals surface area contributed by atoms with Crippen molar-refractivity contribution in [2.24, 2.45) is 0 Å². The molecule has 1 heterocycles. The number of carboxylic acids is 1. The minimum Gasteiger partial charge on any atom is -0.493 e. The zero-order chi connectivity index (χ0) is 9.42. The average Bonchev–Trinajstić information content (AvgIpc) is 2.48. The zero-order valence-corrected chi connectivity index (χ0v) is 6.71. The van der Waals surface area contributed by atoms with Gasteiger partial charge in [-0.25, -0.2) is 9.18 Å². The molecular weight excluding hydrogens is 175 g/mol. The van der Waals surface area contributed by atoms with E-state index in [0.29, 0.717) is 18.8 Å². The number of ether oxygens (including phenoxy) is 1. The summed E-state index contributed by atoms with van der Waals surface area (Å²) in [5.74, 6) is -1.48. The van der Waals surface area contributed by atoms with Crippen molar-refractivity contribution in [3.63, 3.8) is 0 Å². The van der Waals surface area contributed by atoms with Gasteiger partial charge < -0.3 is 9.84 Å². The predicted octanol–water partition coefficient (Wildman–Crippen LogP) is 1.46. The number of hydrogen-bond acceptors (Lipinski definition) is 2. The van der Waals surface area contributed by atoms with Crippen LogP contribution >= 0.6 is 0 Å².